The molecule has 1 heterocycles. The lowest BCUT2D eigenvalue weighted by atomic mass is 9.46. The molecule has 3 aromatic carbocycles. The number of nitro groups is 1. The van der Waals surface area contributed by atoms with Crippen LogP contribution in [-0.4, -0.2) is 29.6 Å². The largest absolute Gasteiger partial charge is 0.494 e. The molecule has 2 amide bonds. The van der Waals surface area contributed by atoms with E-state index in [9.17, 15) is 24.5 Å². The summed E-state index contributed by atoms with van der Waals surface area (Å²) in [5, 5.41) is 11.3. The SMILES string of the molecule is COc1cc([N+](=O)[O-])ccc1N1C(=O)[C@H]2C3c4ccccc4C(C(C)=O)(c4ccccc43)[C@H]2C1=O. The predicted octanol–water partition coefficient (Wildman–Crippen LogP) is 3.74. The quantitative estimate of drug-likeness (QED) is 0.328. The molecule has 0 unspecified atom stereocenters. The fraction of sp³-hybridized carbons (Fsp3) is 0.222. The van der Waals surface area contributed by atoms with Crippen LogP contribution in [0.3, 0.4) is 0 Å². The maximum atomic E-state index is 14.1. The third-order valence-electron chi connectivity index (χ3n) is 7.79. The van der Waals surface area contributed by atoms with Crippen LogP contribution in [0.5, 0.6) is 5.75 Å². The first-order valence-electron chi connectivity index (χ1n) is 11.2. The molecule has 2 atom stereocenters. The van der Waals surface area contributed by atoms with E-state index in [0.29, 0.717) is 0 Å². The lowest BCUT2D eigenvalue weighted by Crippen LogP contribution is -2.57. The van der Waals surface area contributed by atoms with Crippen molar-refractivity contribution in [1.29, 1.82) is 0 Å². The Balaban J connectivity index is 1.62. The van der Waals surface area contributed by atoms with Crippen molar-refractivity contribution in [1.82, 2.24) is 0 Å². The summed E-state index contributed by atoms with van der Waals surface area (Å²) in [5.74, 6) is -3.21. The van der Waals surface area contributed by atoms with E-state index >= 15 is 0 Å². The first-order valence-corrected chi connectivity index (χ1v) is 11.2. The first-order chi connectivity index (χ1) is 16.8. The van der Waals surface area contributed by atoms with Gasteiger partial charge in [-0.25, -0.2) is 4.90 Å². The van der Waals surface area contributed by atoms with E-state index in [1.165, 1.54) is 32.2 Å². The predicted molar refractivity (Wildman–Crippen MR) is 125 cm³/mol. The minimum atomic E-state index is -1.30. The van der Waals surface area contributed by atoms with Gasteiger partial charge in [-0.05, 0) is 35.2 Å². The summed E-state index contributed by atoms with van der Waals surface area (Å²) in [6, 6.07) is 18.8. The number of Topliss-reactive ketones (excluding diaryl/α,β-unsaturated/α-hetero) is 1. The molecular weight excluding hydrogens is 448 g/mol. The van der Waals surface area contributed by atoms with E-state index in [1.807, 2.05) is 48.5 Å². The standard InChI is InChI=1S/C27H20N2O6/c1-14(30)27-18-9-5-3-7-16(18)22(17-8-4-6-10-19(17)27)23-24(27)26(32)28(25(23)31)20-12-11-15(29(33)34)13-21(20)35-2/h3-13,22-24H,1-2H3/t22?,23-,24+,27?/m0/s1. The summed E-state index contributed by atoms with van der Waals surface area (Å²) in [4.78, 5) is 53.5. The van der Waals surface area contributed by atoms with E-state index in [4.69, 9.17) is 4.74 Å². The Kier molecular flexibility index (Phi) is 4.30. The Morgan fingerprint density at radius 2 is 1.57 bits per heavy atom. The zero-order chi connectivity index (χ0) is 24.6. The van der Waals surface area contributed by atoms with Crippen LogP contribution in [0.2, 0.25) is 0 Å². The van der Waals surface area contributed by atoms with Crippen LogP contribution in [0.15, 0.2) is 66.7 Å². The van der Waals surface area contributed by atoms with Crippen LogP contribution >= 0.6 is 0 Å². The molecule has 0 saturated carbocycles. The number of ether oxygens (including phenoxy) is 1. The van der Waals surface area contributed by atoms with Crippen molar-refractivity contribution >= 4 is 29.0 Å². The van der Waals surface area contributed by atoms with E-state index in [2.05, 4.69) is 0 Å². The van der Waals surface area contributed by atoms with Gasteiger partial charge < -0.3 is 4.74 Å². The molecule has 2 bridgehead atoms. The van der Waals surface area contributed by atoms with Gasteiger partial charge in [0.2, 0.25) is 11.8 Å². The summed E-state index contributed by atoms with van der Waals surface area (Å²) < 4.78 is 5.35. The molecule has 0 radical (unpaired) electrons. The molecule has 4 aliphatic rings. The molecule has 174 valence electrons. The number of methoxy groups -OCH3 is 1. The Labute approximate surface area is 200 Å². The maximum Gasteiger partial charge on any atom is 0.273 e. The number of ketones is 1. The highest BCUT2D eigenvalue weighted by Gasteiger charge is 2.70. The van der Waals surface area contributed by atoms with Crippen molar-refractivity contribution in [3.8, 4) is 5.75 Å². The molecule has 3 aromatic rings. The molecule has 7 rings (SSSR count). The molecular formula is C27H20N2O6. The molecule has 8 heteroatoms. The summed E-state index contributed by atoms with van der Waals surface area (Å²) in [7, 11) is 1.33. The average molecular weight is 468 g/mol. The zero-order valence-electron chi connectivity index (χ0n) is 18.9. The highest BCUT2D eigenvalue weighted by molar-refractivity contribution is 6.26. The normalized spacial score (nSPS) is 25.7. The van der Waals surface area contributed by atoms with Crippen molar-refractivity contribution < 1.29 is 24.0 Å². The second kappa shape index (κ2) is 7.09. The third-order valence-corrected chi connectivity index (χ3v) is 7.79. The van der Waals surface area contributed by atoms with Gasteiger partial charge in [0.1, 0.15) is 11.5 Å². The van der Waals surface area contributed by atoms with E-state index in [0.717, 1.165) is 27.2 Å². The number of nitrogens with zero attached hydrogens (tertiary/aromatic N) is 2. The monoisotopic (exact) mass is 468 g/mol. The Hall–Kier alpha value is -4.33. The zero-order valence-corrected chi connectivity index (χ0v) is 18.9. The number of anilines is 1. The van der Waals surface area contributed by atoms with Gasteiger partial charge in [0, 0.05) is 12.0 Å². The number of nitro benzene ring substituents is 1. The van der Waals surface area contributed by atoms with Gasteiger partial charge in [0.05, 0.1) is 41.0 Å². The molecule has 3 aliphatic carbocycles. The van der Waals surface area contributed by atoms with Crippen LogP contribution in [0, 0.1) is 22.0 Å². The molecule has 8 nitrogen and oxygen atoms in total. The maximum absolute atomic E-state index is 14.1. The lowest BCUT2D eigenvalue weighted by molar-refractivity contribution is -0.384. The molecule has 1 fully saturated rings. The summed E-state index contributed by atoms with van der Waals surface area (Å²) >= 11 is 0. The van der Waals surface area contributed by atoms with Crippen LogP contribution in [0.1, 0.15) is 35.1 Å². The van der Waals surface area contributed by atoms with Gasteiger partial charge in [-0.1, -0.05) is 48.5 Å². The molecule has 35 heavy (non-hydrogen) atoms. The number of benzene rings is 3. The molecule has 1 aliphatic heterocycles. The highest BCUT2D eigenvalue weighted by atomic mass is 16.6. The van der Waals surface area contributed by atoms with Crippen molar-refractivity contribution in [3.05, 3.63) is 99.1 Å². The van der Waals surface area contributed by atoms with E-state index in [1.54, 1.807) is 0 Å². The second-order valence-corrected chi connectivity index (χ2v) is 9.14. The van der Waals surface area contributed by atoms with Crippen molar-refractivity contribution in [2.24, 2.45) is 11.8 Å². The van der Waals surface area contributed by atoms with Crippen LogP contribution in [-0.2, 0) is 19.8 Å². The first kappa shape index (κ1) is 21.2. The molecule has 0 N–H and O–H groups in total. The fourth-order valence-corrected chi connectivity index (χ4v) is 6.57. The van der Waals surface area contributed by atoms with Gasteiger partial charge in [0.15, 0.2) is 0 Å². The summed E-state index contributed by atoms with van der Waals surface area (Å²) in [6.07, 6.45) is 0. The summed E-state index contributed by atoms with van der Waals surface area (Å²) in [5.41, 5.74) is 1.88. The third kappa shape index (κ3) is 2.43. The Bertz CT molecular complexity index is 1430. The number of carbonyl (C=O) groups is 3. The fourth-order valence-electron chi connectivity index (χ4n) is 6.57. The minimum absolute atomic E-state index is 0.0406. The number of non-ortho nitro benzene ring substituents is 1. The number of imide groups is 1. The van der Waals surface area contributed by atoms with Crippen molar-refractivity contribution in [2.75, 3.05) is 12.0 Å². The number of amides is 2. The van der Waals surface area contributed by atoms with Crippen LogP contribution in [0.25, 0.3) is 0 Å². The minimum Gasteiger partial charge on any atom is -0.494 e. The highest BCUT2D eigenvalue weighted by Crippen LogP contribution is 2.64. The van der Waals surface area contributed by atoms with Crippen molar-refractivity contribution in [3.63, 3.8) is 0 Å². The second-order valence-electron chi connectivity index (χ2n) is 9.14. The van der Waals surface area contributed by atoms with Gasteiger partial charge in [-0.15, -0.1) is 0 Å². The van der Waals surface area contributed by atoms with Crippen LogP contribution in [0.4, 0.5) is 11.4 Å². The van der Waals surface area contributed by atoms with Gasteiger partial charge in [0.25, 0.3) is 5.69 Å². The van der Waals surface area contributed by atoms with Crippen molar-refractivity contribution in [2.45, 2.75) is 18.3 Å². The summed E-state index contributed by atoms with van der Waals surface area (Å²) in [6.45, 7) is 1.48. The average Bonchev–Trinajstić information content (AvgIpc) is 3.13. The topological polar surface area (TPSA) is 107 Å². The Morgan fingerprint density at radius 1 is 0.971 bits per heavy atom. The smallest absolute Gasteiger partial charge is 0.273 e. The lowest BCUT2D eigenvalue weighted by Gasteiger charge is -2.52. The number of hydrogen-bond donors (Lipinski definition) is 0. The Morgan fingerprint density at radius 3 is 2.11 bits per heavy atom. The molecule has 0 aromatic heterocycles. The molecule has 1 saturated heterocycles. The van der Waals surface area contributed by atoms with Gasteiger partial charge in [-0.2, -0.15) is 0 Å². The number of rotatable bonds is 4. The van der Waals surface area contributed by atoms with Gasteiger partial charge >= 0.3 is 0 Å². The number of hydrogen-bond acceptors (Lipinski definition) is 6. The van der Waals surface area contributed by atoms with E-state index in [-0.39, 0.29) is 28.8 Å². The van der Waals surface area contributed by atoms with E-state index < -0.39 is 34.0 Å². The molecule has 0 spiro atoms. The number of carbonyl (C=O) groups excluding carboxylic acids is 3. The van der Waals surface area contributed by atoms with Gasteiger partial charge in [-0.3, -0.25) is 24.5 Å². The van der Waals surface area contributed by atoms with Crippen LogP contribution < -0.4 is 9.64 Å².